The average molecular weight is 676 g/mol. The topological polar surface area (TPSA) is 115 Å². The molecule has 18 heteroatoms. The molecule has 2 saturated heterocycles. The van der Waals surface area contributed by atoms with E-state index in [2.05, 4.69) is 20.3 Å². The first-order valence-electron chi connectivity index (χ1n) is 14.2. The highest BCUT2D eigenvalue weighted by atomic mass is 32.1. The van der Waals surface area contributed by atoms with Gasteiger partial charge in [-0.05, 0) is 37.6 Å². The fraction of sp³-hybridized carbons (Fsp3) is 0.464. The van der Waals surface area contributed by atoms with Crippen molar-refractivity contribution in [1.29, 1.82) is 0 Å². The number of carbonyl (C=O) groups excluding carboxylic acids is 1. The highest BCUT2D eigenvalue weighted by molar-refractivity contribution is 7.16. The summed E-state index contributed by atoms with van der Waals surface area (Å²) in [7, 11) is 0. The molecule has 5 rings (SSSR count). The first kappa shape index (κ1) is 33.5. The van der Waals surface area contributed by atoms with Gasteiger partial charge in [0.25, 0.3) is 5.91 Å². The maximum atomic E-state index is 14.3. The number of likely N-dealkylation sites (tertiary alicyclic amines) is 1. The number of hydrogen-bond acceptors (Lipinski definition) is 9. The molecule has 1 amide bonds. The lowest BCUT2D eigenvalue weighted by Gasteiger charge is -2.34. The Morgan fingerprint density at radius 1 is 1.00 bits per heavy atom. The lowest BCUT2D eigenvalue weighted by molar-refractivity contribution is -0.177. The molecular formula is C28H28F7N7O3S. The SMILES string of the molecule is O=C(O)CCN1CCN(c2cnc(C(=O)Nc3nc(-c4cc(F)cc(C(F)(F)F)c4)c(CN4CCCC4C(F)(F)F)s3)cn2)CC1. The van der Waals surface area contributed by atoms with Crippen LogP contribution in [0, 0.1) is 5.82 Å². The number of aliphatic carboxylic acids is 1. The van der Waals surface area contributed by atoms with Crippen LogP contribution in [0.2, 0.25) is 0 Å². The lowest BCUT2D eigenvalue weighted by atomic mass is 10.1. The highest BCUT2D eigenvalue weighted by Crippen LogP contribution is 2.39. The number of carboxylic acid groups (broad SMARTS) is 1. The van der Waals surface area contributed by atoms with Gasteiger partial charge in [0.1, 0.15) is 23.4 Å². The summed E-state index contributed by atoms with van der Waals surface area (Å²) in [6.07, 6.45) is -6.66. The molecule has 0 radical (unpaired) electrons. The summed E-state index contributed by atoms with van der Waals surface area (Å²) in [5, 5.41) is 11.2. The van der Waals surface area contributed by atoms with E-state index in [0.717, 1.165) is 22.3 Å². The Morgan fingerprint density at radius 2 is 1.74 bits per heavy atom. The molecule has 1 atom stereocenters. The minimum Gasteiger partial charge on any atom is -0.481 e. The number of benzene rings is 1. The van der Waals surface area contributed by atoms with Crippen molar-refractivity contribution in [3.63, 3.8) is 0 Å². The van der Waals surface area contributed by atoms with Crippen molar-refractivity contribution in [2.45, 2.75) is 44.2 Å². The summed E-state index contributed by atoms with van der Waals surface area (Å²) < 4.78 is 95.6. The second kappa shape index (κ2) is 13.4. The molecule has 10 nitrogen and oxygen atoms in total. The quantitative estimate of drug-likeness (QED) is 0.298. The van der Waals surface area contributed by atoms with Gasteiger partial charge in [0.2, 0.25) is 0 Å². The zero-order chi connectivity index (χ0) is 33.2. The number of rotatable bonds is 9. The van der Waals surface area contributed by atoms with Gasteiger partial charge >= 0.3 is 18.3 Å². The molecule has 0 saturated carbocycles. The van der Waals surface area contributed by atoms with Gasteiger partial charge in [-0.2, -0.15) is 26.3 Å². The second-order valence-electron chi connectivity index (χ2n) is 10.9. The van der Waals surface area contributed by atoms with Crippen molar-refractivity contribution in [2.75, 3.05) is 49.5 Å². The van der Waals surface area contributed by atoms with E-state index in [9.17, 15) is 40.3 Å². The number of thiazole rings is 1. The third-order valence-corrected chi connectivity index (χ3v) is 8.67. The Kier molecular flexibility index (Phi) is 9.78. The molecule has 2 aliphatic heterocycles. The number of hydrogen-bond donors (Lipinski definition) is 2. The van der Waals surface area contributed by atoms with Crippen LogP contribution in [0.15, 0.2) is 30.6 Å². The zero-order valence-electron chi connectivity index (χ0n) is 24.0. The maximum absolute atomic E-state index is 14.3. The molecule has 2 N–H and O–H groups in total. The molecular weight excluding hydrogens is 647 g/mol. The van der Waals surface area contributed by atoms with E-state index in [1.54, 1.807) is 0 Å². The predicted molar refractivity (Wildman–Crippen MR) is 153 cm³/mol. The van der Waals surface area contributed by atoms with E-state index in [-0.39, 0.29) is 59.3 Å². The predicted octanol–water partition coefficient (Wildman–Crippen LogP) is 5.13. The number of halogens is 7. The smallest absolute Gasteiger partial charge is 0.416 e. The summed E-state index contributed by atoms with van der Waals surface area (Å²) in [6.45, 7) is 2.53. The Bertz CT molecular complexity index is 1560. The number of nitrogens with zero attached hydrogens (tertiary/aromatic N) is 6. The molecule has 0 spiro atoms. The van der Waals surface area contributed by atoms with Crippen molar-refractivity contribution in [1.82, 2.24) is 24.8 Å². The summed E-state index contributed by atoms with van der Waals surface area (Å²) in [5.74, 6) is -2.36. The van der Waals surface area contributed by atoms with Crippen LogP contribution >= 0.6 is 11.3 Å². The van der Waals surface area contributed by atoms with Crippen LogP contribution in [-0.4, -0.2) is 93.2 Å². The van der Waals surface area contributed by atoms with Crippen molar-refractivity contribution in [3.05, 3.63) is 52.5 Å². The van der Waals surface area contributed by atoms with Crippen LogP contribution in [0.3, 0.4) is 0 Å². The molecule has 248 valence electrons. The fourth-order valence-electron chi connectivity index (χ4n) is 5.42. The van der Waals surface area contributed by atoms with Gasteiger partial charge in [0.05, 0.1) is 30.1 Å². The standard InChI is InChI=1S/C28H28F7N7O3S/c29-18-11-16(10-17(12-18)27(30,31)32)24-20(15-42-4-1-2-21(42)28(33,34)35)46-26(38-24)39-25(45)19-13-37-22(14-36-19)41-8-6-40(7-9-41)5-3-23(43)44/h10-14,21H,1-9,15H2,(H,43,44)(H,38,39,45). The molecule has 2 fully saturated rings. The van der Waals surface area contributed by atoms with Crippen molar-refractivity contribution in [2.24, 2.45) is 0 Å². The fourth-order valence-corrected chi connectivity index (χ4v) is 6.42. The molecule has 4 heterocycles. The normalized spacial score (nSPS) is 18.2. The number of carboxylic acids is 1. The molecule has 2 aliphatic rings. The van der Waals surface area contributed by atoms with Crippen LogP contribution < -0.4 is 10.2 Å². The first-order valence-corrected chi connectivity index (χ1v) is 15.0. The maximum Gasteiger partial charge on any atom is 0.416 e. The minimum absolute atomic E-state index is 0.0366. The molecule has 2 aromatic heterocycles. The Morgan fingerprint density at radius 3 is 2.37 bits per heavy atom. The number of aromatic nitrogens is 3. The second-order valence-corrected chi connectivity index (χ2v) is 12.0. The van der Waals surface area contributed by atoms with E-state index in [1.807, 2.05) is 9.80 Å². The molecule has 3 aromatic rings. The van der Waals surface area contributed by atoms with E-state index in [0.29, 0.717) is 50.7 Å². The number of alkyl halides is 6. The molecule has 1 unspecified atom stereocenters. The van der Waals surface area contributed by atoms with E-state index in [1.165, 1.54) is 12.4 Å². The molecule has 0 aliphatic carbocycles. The Hall–Kier alpha value is -3.90. The number of piperazine rings is 1. The number of nitrogens with one attached hydrogen (secondary N) is 1. The number of anilines is 2. The molecule has 1 aromatic carbocycles. The Balaban J connectivity index is 1.34. The average Bonchev–Trinajstić information content (AvgIpc) is 3.63. The third kappa shape index (κ3) is 8.08. The third-order valence-electron chi connectivity index (χ3n) is 7.71. The van der Waals surface area contributed by atoms with Gasteiger partial charge in [-0.15, -0.1) is 0 Å². The van der Waals surface area contributed by atoms with E-state index >= 15 is 0 Å². The van der Waals surface area contributed by atoms with Crippen LogP contribution in [0.1, 0.15) is 40.2 Å². The lowest BCUT2D eigenvalue weighted by Crippen LogP contribution is -2.47. The Labute approximate surface area is 261 Å². The first-order chi connectivity index (χ1) is 21.7. The van der Waals surface area contributed by atoms with Crippen molar-refractivity contribution < 1.29 is 45.4 Å². The van der Waals surface area contributed by atoms with Crippen molar-refractivity contribution in [3.8, 4) is 11.3 Å². The number of amides is 1. The molecule has 46 heavy (non-hydrogen) atoms. The van der Waals surface area contributed by atoms with Gasteiger partial charge in [-0.1, -0.05) is 11.3 Å². The summed E-state index contributed by atoms with van der Waals surface area (Å²) in [6, 6.07) is 0.00966. The monoisotopic (exact) mass is 675 g/mol. The minimum atomic E-state index is -4.89. The van der Waals surface area contributed by atoms with Gasteiger partial charge in [0.15, 0.2) is 5.13 Å². The van der Waals surface area contributed by atoms with Gasteiger partial charge < -0.3 is 10.0 Å². The zero-order valence-corrected chi connectivity index (χ0v) is 24.9. The molecule has 0 bridgehead atoms. The van der Waals surface area contributed by atoms with E-state index in [4.69, 9.17) is 5.11 Å². The van der Waals surface area contributed by atoms with Gasteiger partial charge in [-0.3, -0.25) is 24.7 Å². The number of carbonyl (C=O) groups is 2. The van der Waals surface area contributed by atoms with Crippen LogP contribution in [0.5, 0.6) is 0 Å². The van der Waals surface area contributed by atoms with Crippen molar-refractivity contribution >= 4 is 34.2 Å². The summed E-state index contributed by atoms with van der Waals surface area (Å²) in [5.41, 5.74) is -1.89. The van der Waals surface area contributed by atoms with Gasteiger partial charge in [-0.25, -0.2) is 19.3 Å². The summed E-state index contributed by atoms with van der Waals surface area (Å²) >= 11 is 0.774. The van der Waals surface area contributed by atoms with Crippen LogP contribution in [0.4, 0.5) is 41.7 Å². The largest absolute Gasteiger partial charge is 0.481 e. The van der Waals surface area contributed by atoms with Crippen LogP contribution in [0.25, 0.3) is 11.3 Å². The van der Waals surface area contributed by atoms with Crippen LogP contribution in [-0.2, 0) is 17.5 Å². The van der Waals surface area contributed by atoms with E-state index < -0.39 is 41.7 Å². The highest BCUT2D eigenvalue weighted by Gasteiger charge is 2.46. The summed E-state index contributed by atoms with van der Waals surface area (Å²) in [4.78, 5) is 41.7. The van der Waals surface area contributed by atoms with Gasteiger partial charge in [0, 0.05) is 49.7 Å².